The van der Waals surface area contributed by atoms with E-state index in [1.807, 2.05) is 14.0 Å². The van der Waals surface area contributed by atoms with Gasteiger partial charge in [-0.05, 0) is 14.0 Å². The van der Waals surface area contributed by atoms with Gasteiger partial charge in [-0.3, -0.25) is 0 Å². The predicted molar refractivity (Wildman–Crippen MR) is 48.2 cm³/mol. The van der Waals surface area contributed by atoms with E-state index in [1.54, 1.807) is 6.33 Å². The maximum atomic E-state index is 4.16. The van der Waals surface area contributed by atoms with Crippen molar-refractivity contribution in [1.82, 2.24) is 15.3 Å². The third-order valence-electron chi connectivity index (χ3n) is 1.55. The van der Waals surface area contributed by atoms with E-state index in [9.17, 15) is 0 Å². The van der Waals surface area contributed by atoms with Crippen molar-refractivity contribution in [2.45, 2.75) is 13.3 Å². The number of hydrogen-bond acceptors (Lipinski definition) is 2. The zero-order valence-corrected chi connectivity index (χ0v) is 7.66. The predicted octanol–water partition coefficient (Wildman–Crippen LogP) is 0.902. The maximum absolute atomic E-state index is 4.16. The van der Waals surface area contributed by atoms with Gasteiger partial charge in [0.1, 0.15) is 0 Å². The highest BCUT2D eigenvalue weighted by Gasteiger charge is 1.97. The number of imidazole rings is 1. The van der Waals surface area contributed by atoms with E-state index in [1.165, 1.54) is 5.69 Å². The van der Waals surface area contributed by atoms with Crippen molar-refractivity contribution in [3.8, 4) is 0 Å². The quantitative estimate of drug-likeness (QED) is 0.717. The van der Waals surface area contributed by atoms with Crippen LogP contribution in [0.1, 0.15) is 11.4 Å². The molecular formula is C7H14ClN3. The summed E-state index contributed by atoms with van der Waals surface area (Å²) in [6.45, 7) is 3.03. The molecule has 0 saturated heterocycles. The molecule has 0 aromatic carbocycles. The number of nitrogens with one attached hydrogen (secondary N) is 2. The number of aryl methyl sites for hydroxylation is 1. The molecule has 2 N–H and O–H groups in total. The monoisotopic (exact) mass is 175 g/mol. The highest BCUT2D eigenvalue weighted by Crippen LogP contribution is 1.99. The van der Waals surface area contributed by atoms with Gasteiger partial charge >= 0.3 is 0 Å². The first-order valence-corrected chi connectivity index (χ1v) is 3.48. The highest BCUT2D eigenvalue weighted by molar-refractivity contribution is 5.85. The molecule has 64 valence electrons. The van der Waals surface area contributed by atoms with E-state index in [0.717, 1.165) is 18.7 Å². The van der Waals surface area contributed by atoms with Gasteiger partial charge in [-0.1, -0.05) is 0 Å². The van der Waals surface area contributed by atoms with Crippen molar-refractivity contribution >= 4 is 12.4 Å². The Hall–Kier alpha value is -0.540. The van der Waals surface area contributed by atoms with Crippen molar-refractivity contribution in [3.05, 3.63) is 17.7 Å². The summed E-state index contributed by atoms with van der Waals surface area (Å²) in [5.41, 5.74) is 2.34. The highest BCUT2D eigenvalue weighted by atomic mass is 35.5. The number of likely N-dealkylation sites (N-methyl/N-ethyl adjacent to an activating group) is 1. The zero-order chi connectivity index (χ0) is 7.40. The lowest BCUT2D eigenvalue weighted by Gasteiger charge is -1.95. The summed E-state index contributed by atoms with van der Waals surface area (Å²) in [5, 5.41) is 3.08. The number of halogens is 1. The molecule has 1 rings (SSSR count). The summed E-state index contributed by atoms with van der Waals surface area (Å²) < 4.78 is 0. The van der Waals surface area contributed by atoms with Crippen LogP contribution in [0.25, 0.3) is 0 Å². The minimum absolute atomic E-state index is 0. The van der Waals surface area contributed by atoms with Crippen LogP contribution in [0.4, 0.5) is 0 Å². The first kappa shape index (κ1) is 10.5. The van der Waals surface area contributed by atoms with Gasteiger partial charge < -0.3 is 10.3 Å². The molecular weight excluding hydrogens is 162 g/mol. The molecule has 0 aliphatic carbocycles. The Morgan fingerprint density at radius 3 is 2.82 bits per heavy atom. The van der Waals surface area contributed by atoms with E-state index < -0.39 is 0 Å². The first-order valence-electron chi connectivity index (χ1n) is 3.48. The largest absolute Gasteiger partial charge is 0.348 e. The minimum Gasteiger partial charge on any atom is -0.348 e. The lowest BCUT2D eigenvalue weighted by atomic mass is 10.2. The maximum Gasteiger partial charge on any atom is 0.0925 e. The molecule has 4 heteroatoms. The molecule has 0 radical (unpaired) electrons. The average Bonchev–Trinajstić information content (AvgIpc) is 2.31. The molecule has 0 spiro atoms. The summed E-state index contributed by atoms with van der Waals surface area (Å²) in [5.74, 6) is 0. The van der Waals surface area contributed by atoms with Crippen molar-refractivity contribution in [3.63, 3.8) is 0 Å². The Kier molecular flexibility index (Phi) is 4.90. The van der Waals surface area contributed by atoms with Gasteiger partial charge in [-0.25, -0.2) is 4.98 Å². The lowest BCUT2D eigenvalue weighted by Crippen LogP contribution is -2.10. The standard InChI is InChI=1S/C7H13N3.ClH/c1-6-7(3-4-8-2)10-5-9-6;/h5,8H,3-4H2,1-2H3,(H,9,10);1H. The number of aromatic amines is 1. The topological polar surface area (TPSA) is 40.7 Å². The van der Waals surface area contributed by atoms with Gasteiger partial charge in [-0.15, -0.1) is 12.4 Å². The molecule has 0 amide bonds. The second-order valence-corrected chi connectivity index (χ2v) is 2.33. The Morgan fingerprint density at radius 1 is 1.64 bits per heavy atom. The molecule has 1 aromatic rings. The fraction of sp³-hybridized carbons (Fsp3) is 0.571. The number of hydrogen-bond donors (Lipinski definition) is 2. The third kappa shape index (κ3) is 2.91. The van der Waals surface area contributed by atoms with Crippen LogP contribution in [0.3, 0.4) is 0 Å². The SMILES string of the molecule is CNCCc1nc[nH]c1C.Cl. The Bertz CT molecular complexity index is 197. The average molecular weight is 176 g/mol. The number of aromatic nitrogens is 2. The van der Waals surface area contributed by atoms with E-state index in [4.69, 9.17) is 0 Å². The molecule has 0 aliphatic rings. The van der Waals surface area contributed by atoms with Gasteiger partial charge in [0, 0.05) is 18.7 Å². The summed E-state index contributed by atoms with van der Waals surface area (Å²) in [7, 11) is 1.95. The van der Waals surface area contributed by atoms with E-state index >= 15 is 0 Å². The number of rotatable bonds is 3. The van der Waals surface area contributed by atoms with Crippen LogP contribution in [0.5, 0.6) is 0 Å². The van der Waals surface area contributed by atoms with E-state index in [2.05, 4.69) is 15.3 Å². The van der Waals surface area contributed by atoms with Crippen LogP contribution in [-0.2, 0) is 6.42 Å². The van der Waals surface area contributed by atoms with Crippen molar-refractivity contribution in [1.29, 1.82) is 0 Å². The fourth-order valence-corrected chi connectivity index (χ4v) is 0.883. The lowest BCUT2D eigenvalue weighted by molar-refractivity contribution is 0.776. The van der Waals surface area contributed by atoms with Crippen molar-refractivity contribution < 1.29 is 0 Å². The molecule has 3 nitrogen and oxygen atoms in total. The zero-order valence-electron chi connectivity index (χ0n) is 6.85. The van der Waals surface area contributed by atoms with Gasteiger partial charge in [0.05, 0.1) is 12.0 Å². The minimum atomic E-state index is 0. The van der Waals surface area contributed by atoms with Gasteiger partial charge in [0.25, 0.3) is 0 Å². The molecule has 1 heterocycles. The summed E-state index contributed by atoms with van der Waals surface area (Å²) in [6, 6.07) is 0. The molecule has 0 saturated carbocycles. The van der Waals surface area contributed by atoms with Gasteiger partial charge in [-0.2, -0.15) is 0 Å². The fourth-order valence-electron chi connectivity index (χ4n) is 0.883. The van der Waals surface area contributed by atoms with Crippen molar-refractivity contribution in [2.24, 2.45) is 0 Å². The molecule has 0 atom stereocenters. The molecule has 0 bridgehead atoms. The Morgan fingerprint density at radius 2 is 2.36 bits per heavy atom. The summed E-state index contributed by atoms with van der Waals surface area (Å²) >= 11 is 0. The van der Waals surface area contributed by atoms with Crippen molar-refractivity contribution in [2.75, 3.05) is 13.6 Å². The molecule has 11 heavy (non-hydrogen) atoms. The Labute approximate surface area is 73.0 Å². The van der Waals surface area contributed by atoms with E-state index in [0.29, 0.717) is 0 Å². The van der Waals surface area contributed by atoms with Crippen LogP contribution in [-0.4, -0.2) is 23.6 Å². The molecule has 0 fully saturated rings. The number of nitrogens with zero attached hydrogens (tertiary/aromatic N) is 1. The van der Waals surface area contributed by atoms with Gasteiger partial charge in [0.2, 0.25) is 0 Å². The first-order chi connectivity index (χ1) is 4.84. The molecule has 1 aromatic heterocycles. The second-order valence-electron chi connectivity index (χ2n) is 2.33. The Balaban J connectivity index is 0.000001000. The van der Waals surface area contributed by atoms with Gasteiger partial charge in [0.15, 0.2) is 0 Å². The summed E-state index contributed by atoms with van der Waals surface area (Å²) in [6.07, 6.45) is 2.74. The normalized spacial score (nSPS) is 9.27. The molecule has 0 aliphatic heterocycles. The molecule has 0 unspecified atom stereocenters. The second kappa shape index (κ2) is 5.16. The smallest absolute Gasteiger partial charge is 0.0925 e. The van der Waals surface area contributed by atoms with E-state index in [-0.39, 0.29) is 12.4 Å². The third-order valence-corrected chi connectivity index (χ3v) is 1.55. The van der Waals surface area contributed by atoms with Crippen LogP contribution in [0.15, 0.2) is 6.33 Å². The van der Waals surface area contributed by atoms with Crippen LogP contribution >= 0.6 is 12.4 Å². The van der Waals surface area contributed by atoms with Crippen LogP contribution in [0.2, 0.25) is 0 Å². The van der Waals surface area contributed by atoms with Crippen LogP contribution < -0.4 is 5.32 Å². The number of H-pyrrole nitrogens is 1. The van der Waals surface area contributed by atoms with Crippen LogP contribution in [0, 0.1) is 6.92 Å². The summed E-state index contributed by atoms with van der Waals surface area (Å²) in [4.78, 5) is 7.20.